The molecular weight excluding hydrogens is 122 g/mol. The highest BCUT2D eigenvalue weighted by atomic mass is 16.4. The number of nitrogens with zero attached hydrogens (tertiary/aromatic N) is 1. The molecule has 5 nitrogen and oxygen atoms in total. The Hall–Kier alpha value is -1.52. The van der Waals surface area contributed by atoms with Gasteiger partial charge in [0.05, 0.1) is 0 Å². The standard InChI is InChI=1S/C4H5N3O2/c5-3(8)2-1-9-4(6)7-2/h1H,(H2,5,8)(H2,6,7). The molecule has 0 saturated carbocycles. The number of hydrogen-bond donors (Lipinski definition) is 2. The summed E-state index contributed by atoms with van der Waals surface area (Å²) in [5.41, 5.74) is 9.89. The number of nitrogens with two attached hydrogens (primary N) is 2. The molecule has 0 saturated heterocycles. The summed E-state index contributed by atoms with van der Waals surface area (Å²) in [5.74, 6) is -0.643. The number of nitrogen functional groups attached to an aromatic ring is 1. The van der Waals surface area contributed by atoms with Crippen LogP contribution in [-0.2, 0) is 0 Å². The molecule has 1 aromatic heterocycles. The summed E-state index contributed by atoms with van der Waals surface area (Å²) in [6, 6.07) is -0.0520. The first-order chi connectivity index (χ1) is 4.20. The third kappa shape index (κ3) is 0.987. The number of anilines is 1. The molecule has 0 aliphatic carbocycles. The lowest BCUT2D eigenvalue weighted by Gasteiger charge is -1.78. The first-order valence-electron chi connectivity index (χ1n) is 2.21. The molecule has 0 aromatic carbocycles. The van der Waals surface area contributed by atoms with E-state index in [4.69, 9.17) is 11.5 Å². The highest BCUT2D eigenvalue weighted by Crippen LogP contribution is 2.00. The van der Waals surface area contributed by atoms with Crippen LogP contribution >= 0.6 is 0 Å². The van der Waals surface area contributed by atoms with Gasteiger partial charge in [0.25, 0.3) is 11.9 Å². The molecule has 1 amide bonds. The van der Waals surface area contributed by atoms with Gasteiger partial charge in [-0.1, -0.05) is 0 Å². The zero-order chi connectivity index (χ0) is 6.85. The molecule has 0 unspecified atom stereocenters. The number of carbonyl (C=O) groups is 1. The molecule has 0 radical (unpaired) electrons. The zero-order valence-corrected chi connectivity index (χ0v) is 4.50. The van der Waals surface area contributed by atoms with Crippen LogP contribution in [-0.4, -0.2) is 10.9 Å². The second-order valence-electron chi connectivity index (χ2n) is 1.44. The van der Waals surface area contributed by atoms with Crippen LogP contribution in [0.5, 0.6) is 0 Å². The molecule has 0 aliphatic rings. The summed E-state index contributed by atoms with van der Waals surface area (Å²) >= 11 is 0. The van der Waals surface area contributed by atoms with E-state index in [2.05, 4.69) is 9.40 Å². The summed E-state index contributed by atoms with van der Waals surface area (Å²) in [6.45, 7) is 0. The quantitative estimate of drug-likeness (QED) is 0.524. The van der Waals surface area contributed by atoms with Crippen molar-refractivity contribution < 1.29 is 9.21 Å². The summed E-state index contributed by atoms with van der Waals surface area (Å²) < 4.78 is 4.49. The van der Waals surface area contributed by atoms with Gasteiger partial charge in [-0.2, -0.15) is 4.98 Å². The van der Waals surface area contributed by atoms with E-state index in [1.807, 2.05) is 0 Å². The third-order valence-corrected chi connectivity index (χ3v) is 0.774. The van der Waals surface area contributed by atoms with Gasteiger partial charge in [-0.15, -0.1) is 0 Å². The van der Waals surface area contributed by atoms with Crippen LogP contribution in [0, 0.1) is 0 Å². The van der Waals surface area contributed by atoms with Crippen LogP contribution in [0.4, 0.5) is 6.01 Å². The molecule has 0 fully saturated rings. The Morgan fingerprint density at radius 2 is 2.44 bits per heavy atom. The number of amides is 1. The predicted octanol–water partition coefficient (Wildman–Crippen LogP) is -0.644. The minimum atomic E-state index is -0.643. The Kier molecular flexibility index (Phi) is 1.11. The van der Waals surface area contributed by atoms with E-state index in [1.54, 1.807) is 0 Å². The number of primary amides is 1. The normalized spacial score (nSPS) is 9.33. The van der Waals surface area contributed by atoms with Crippen LogP contribution in [0.1, 0.15) is 10.5 Å². The lowest BCUT2D eigenvalue weighted by Crippen LogP contribution is -2.11. The lowest BCUT2D eigenvalue weighted by atomic mass is 10.5. The maximum Gasteiger partial charge on any atom is 0.292 e. The van der Waals surface area contributed by atoms with Gasteiger partial charge in [0.2, 0.25) is 0 Å². The van der Waals surface area contributed by atoms with Crippen molar-refractivity contribution in [2.24, 2.45) is 5.73 Å². The minimum absolute atomic E-state index is 0.0486. The van der Waals surface area contributed by atoms with Gasteiger partial charge >= 0.3 is 0 Å². The lowest BCUT2D eigenvalue weighted by molar-refractivity contribution is 0.0995. The summed E-state index contributed by atoms with van der Waals surface area (Å²) in [4.78, 5) is 13.7. The Morgan fingerprint density at radius 3 is 2.67 bits per heavy atom. The molecule has 9 heavy (non-hydrogen) atoms. The smallest absolute Gasteiger partial charge is 0.292 e. The summed E-state index contributed by atoms with van der Waals surface area (Å²) in [6.07, 6.45) is 1.11. The van der Waals surface area contributed by atoms with E-state index in [0.29, 0.717) is 0 Å². The Morgan fingerprint density at radius 1 is 1.78 bits per heavy atom. The van der Waals surface area contributed by atoms with Crippen molar-refractivity contribution in [2.75, 3.05) is 5.73 Å². The second kappa shape index (κ2) is 1.77. The van der Waals surface area contributed by atoms with Crippen LogP contribution in [0.25, 0.3) is 0 Å². The fraction of sp³-hybridized carbons (Fsp3) is 0. The molecule has 4 N–H and O–H groups in total. The highest BCUT2D eigenvalue weighted by Gasteiger charge is 2.04. The molecule has 48 valence electrons. The average Bonchev–Trinajstić information content (AvgIpc) is 2.14. The Balaban J connectivity index is 2.98. The Bertz CT molecular complexity index is 229. The van der Waals surface area contributed by atoms with Gasteiger partial charge < -0.3 is 15.9 Å². The van der Waals surface area contributed by atoms with Gasteiger partial charge in [0.15, 0.2) is 5.69 Å². The second-order valence-corrected chi connectivity index (χ2v) is 1.44. The molecule has 1 aromatic rings. The van der Waals surface area contributed by atoms with Gasteiger partial charge in [0, 0.05) is 0 Å². The molecule has 1 heterocycles. The van der Waals surface area contributed by atoms with Crippen molar-refractivity contribution in [1.82, 2.24) is 4.98 Å². The van der Waals surface area contributed by atoms with E-state index < -0.39 is 5.91 Å². The fourth-order valence-corrected chi connectivity index (χ4v) is 0.401. The van der Waals surface area contributed by atoms with Gasteiger partial charge in [0.1, 0.15) is 6.26 Å². The highest BCUT2D eigenvalue weighted by molar-refractivity contribution is 5.90. The van der Waals surface area contributed by atoms with E-state index in [-0.39, 0.29) is 11.7 Å². The first kappa shape index (κ1) is 5.61. The van der Waals surface area contributed by atoms with E-state index in [0.717, 1.165) is 6.26 Å². The predicted molar refractivity (Wildman–Crippen MR) is 29.4 cm³/mol. The Labute approximate surface area is 50.7 Å². The van der Waals surface area contributed by atoms with E-state index >= 15 is 0 Å². The maximum atomic E-state index is 10.3. The summed E-state index contributed by atoms with van der Waals surface area (Å²) in [5, 5.41) is 0. The van der Waals surface area contributed by atoms with Crippen LogP contribution < -0.4 is 11.5 Å². The first-order valence-corrected chi connectivity index (χ1v) is 2.21. The number of hydrogen-bond acceptors (Lipinski definition) is 4. The third-order valence-electron chi connectivity index (χ3n) is 0.774. The van der Waals surface area contributed by atoms with Crippen LogP contribution in [0.15, 0.2) is 10.7 Å². The van der Waals surface area contributed by atoms with Crippen molar-refractivity contribution in [1.29, 1.82) is 0 Å². The largest absolute Gasteiger partial charge is 0.431 e. The fourth-order valence-electron chi connectivity index (χ4n) is 0.401. The molecule has 0 atom stereocenters. The van der Waals surface area contributed by atoms with Crippen molar-refractivity contribution in [3.63, 3.8) is 0 Å². The summed E-state index contributed by atoms with van der Waals surface area (Å²) in [7, 11) is 0. The monoisotopic (exact) mass is 127 g/mol. The topological polar surface area (TPSA) is 95.1 Å². The molecule has 1 rings (SSSR count). The number of rotatable bonds is 1. The molecule has 0 bridgehead atoms. The van der Waals surface area contributed by atoms with Gasteiger partial charge in [-0.3, -0.25) is 4.79 Å². The van der Waals surface area contributed by atoms with Gasteiger partial charge in [-0.05, 0) is 0 Å². The maximum absolute atomic E-state index is 10.3. The van der Waals surface area contributed by atoms with Crippen molar-refractivity contribution in [3.05, 3.63) is 12.0 Å². The number of carbonyl (C=O) groups excluding carboxylic acids is 1. The van der Waals surface area contributed by atoms with Crippen LogP contribution in [0.2, 0.25) is 0 Å². The molecule has 5 heteroatoms. The molecule has 0 spiro atoms. The zero-order valence-electron chi connectivity index (χ0n) is 4.50. The molecular formula is C4H5N3O2. The SMILES string of the molecule is NC(=O)c1coc(N)n1. The number of oxazole rings is 1. The average molecular weight is 127 g/mol. The number of aromatic nitrogens is 1. The van der Waals surface area contributed by atoms with Crippen molar-refractivity contribution in [3.8, 4) is 0 Å². The van der Waals surface area contributed by atoms with Crippen LogP contribution in [0.3, 0.4) is 0 Å². The molecule has 0 aliphatic heterocycles. The van der Waals surface area contributed by atoms with E-state index in [9.17, 15) is 4.79 Å². The van der Waals surface area contributed by atoms with Crippen molar-refractivity contribution in [2.45, 2.75) is 0 Å². The minimum Gasteiger partial charge on any atom is -0.431 e. The van der Waals surface area contributed by atoms with E-state index in [1.165, 1.54) is 0 Å². The van der Waals surface area contributed by atoms with Gasteiger partial charge in [-0.25, -0.2) is 0 Å². The van der Waals surface area contributed by atoms with Crippen molar-refractivity contribution >= 4 is 11.9 Å².